The maximum atomic E-state index is 12.4. The lowest BCUT2D eigenvalue weighted by Gasteiger charge is -2.05. The van der Waals surface area contributed by atoms with Gasteiger partial charge < -0.3 is 9.73 Å². The Morgan fingerprint density at radius 1 is 0.828 bits per heavy atom. The van der Waals surface area contributed by atoms with Crippen LogP contribution < -0.4 is 5.32 Å². The number of hydrogen-bond acceptors (Lipinski definition) is 4. The lowest BCUT2D eigenvalue weighted by molar-refractivity contribution is -0.111. The SMILES string of the molecule is CC(=CC(=O)Nc1cccc(-c2nnc(-c3ccccc3)o2)c1)c1ccccc1. The quantitative estimate of drug-likeness (QED) is 0.467. The van der Waals surface area contributed by atoms with Crippen LogP contribution >= 0.6 is 0 Å². The Labute approximate surface area is 168 Å². The fourth-order valence-corrected chi connectivity index (χ4v) is 2.93. The summed E-state index contributed by atoms with van der Waals surface area (Å²) in [5.74, 6) is 0.659. The minimum atomic E-state index is -0.195. The predicted octanol–water partition coefficient (Wildman–Crippen LogP) is 5.45. The maximum Gasteiger partial charge on any atom is 0.248 e. The van der Waals surface area contributed by atoms with Crippen molar-refractivity contribution < 1.29 is 9.21 Å². The van der Waals surface area contributed by atoms with Gasteiger partial charge in [-0.2, -0.15) is 0 Å². The second-order valence-electron chi connectivity index (χ2n) is 6.54. The molecule has 0 bridgehead atoms. The number of carbonyl (C=O) groups is 1. The summed E-state index contributed by atoms with van der Waals surface area (Å²) in [6.45, 7) is 1.91. The van der Waals surface area contributed by atoms with Crippen LogP contribution in [0.25, 0.3) is 28.5 Å². The van der Waals surface area contributed by atoms with Crippen LogP contribution in [0, 0.1) is 0 Å². The second kappa shape index (κ2) is 8.35. The topological polar surface area (TPSA) is 68.0 Å². The fraction of sp³-hybridized carbons (Fsp3) is 0.0417. The van der Waals surface area contributed by atoms with Crippen molar-refractivity contribution in [1.29, 1.82) is 0 Å². The minimum absolute atomic E-state index is 0.195. The number of hydrogen-bond donors (Lipinski definition) is 1. The molecule has 0 saturated carbocycles. The lowest BCUT2D eigenvalue weighted by Crippen LogP contribution is -2.08. The highest BCUT2D eigenvalue weighted by atomic mass is 16.4. The van der Waals surface area contributed by atoms with Gasteiger partial charge in [0.05, 0.1) is 0 Å². The van der Waals surface area contributed by atoms with Gasteiger partial charge in [-0.05, 0) is 48.4 Å². The Bertz CT molecular complexity index is 1150. The van der Waals surface area contributed by atoms with Crippen molar-refractivity contribution in [3.63, 3.8) is 0 Å². The number of rotatable bonds is 5. The van der Waals surface area contributed by atoms with E-state index < -0.39 is 0 Å². The number of benzene rings is 3. The highest BCUT2D eigenvalue weighted by Crippen LogP contribution is 2.25. The zero-order chi connectivity index (χ0) is 20.1. The minimum Gasteiger partial charge on any atom is -0.416 e. The van der Waals surface area contributed by atoms with Crippen LogP contribution in [-0.4, -0.2) is 16.1 Å². The van der Waals surface area contributed by atoms with E-state index in [2.05, 4.69) is 15.5 Å². The van der Waals surface area contributed by atoms with Gasteiger partial charge in [-0.1, -0.05) is 54.6 Å². The summed E-state index contributed by atoms with van der Waals surface area (Å²) < 4.78 is 5.79. The van der Waals surface area contributed by atoms with Crippen LogP contribution in [0.15, 0.2) is 95.4 Å². The molecule has 0 unspecified atom stereocenters. The molecule has 3 aromatic carbocycles. The zero-order valence-electron chi connectivity index (χ0n) is 15.9. The maximum absolute atomic E-state index is 12.4. The first-order valence-electron chi connectivity index (χ1n) is 9.23. The van der Waals surface area contributed by atoms with Crippen LogP contribution in [-0.2, 0) is 4.79 Å². The number of amides is 1. The Balaban J connectivity index is 1.51. The molecule has 0 fully saturated rings. The summed E-state index contributed by atoms with van der Waals surface area (Å²) in [4.78, 5) is 12.4. The standard InChI is InChI=1S/C24H19N3O2/c1-17(18-9-4-2-5-10-18)15-22(28)25-21-14-8-13-20(16-21)24-27-26-23(29-24)19-11-6-3-7-12-19/h2-16H,1H3,(H,25,28). The van der Waals surface area contributed by atoms with E-state index in [1.165, 1.54) is 0 Å². The van der Waals surface area contributed by atoms with Gasteiger partial charge in [0, 0.05) is 22.9 Å². The van der Waals surface area contributed by atoms with E-state index in [1.807, 2.05) is 91.9 Å². The normalized spacial score (nSPS) is 11.3. The van der Waals surface area contributed by atoms with Gasteiger partial charge in [0.1, 0.15) is 0 Å². The average molecular weight is 381 g/mol. The van der Waals surface area contributed by atoms with E-state index in [0.717, 1.165) is 22.3 Å². The average Bonchev–Trinajstić information content (AvgIpc) is 3.25. The molecule has 1 amide bonds. The molecule has 29 heavy (non-hydrogen) atoms. The van der Waals surface area contributed by atoms with Crippen LogP contribution in [0.5, 0.6) is 0 Å². The Morgan fingerprint density at radius 3 is 2.17 bits per heavy atom. The Hall–Kier alpha value is -3.99. The van der Waals surface area contributed by atoms with E-state index in [1.54, 1.807) is 6.08 Å². The molecule has 4 aromatic rings. The van der Waals surface area contributed by atoms with E-state index in [4.69, 9.17) is 4.42 Å². The van der Waals surface area contributed by atoms with Crippen molar-refractivity contribution in [2.45, 2.75) is 6.92 Å². The zero-order valence-corrected chi connectivity index (χ0v) is 15.9. The summed E-state index contributed by atoms with van der Waals surface area (Å²) in [7, 11) is 0. The first-order chi connectivity index (χ1) is 14.2. The van der Waals surface area contributed by atoms with Gasteiger partial charge in [0.25, 0.3) is 0 Å². The fourth-order valence-electron chi connectivity index (χ4n) is 2.93. The van der Waals surface area contributed by atoms with E-state index in [0.29, 0.717) is 17.5 Å². The number of nitrogens with one attached hydrogen (secondary N) is 1. The highest BCUT2D eigenvalue weighted by molar-refractivity contribution is 6.04. The number of anilines is 1. The van der Waals surface area contributed by atoms with Crippen molar-refractivity contribution in [3.8, 4) is 22.9 Å². The third kappa shape index (κ3) is 4.47. The van der Waals surface area contributed by atoms with Gasteiger partial charge in [-0.15, -0.1) is 10.2 Å². The molecular weight excluding hydrogens is 362 g/mol. The number of allylic oxidation sites excluding steroid dienone is 1. The van der Waals surface area contributed by atoms with Gasteiger partial charge in [-0.3, -0.25) is 4.79 Å². The summed E-state index contributed by atoms with van der Waals surface area (Å²) in [5, 5.41) is 11.1. The first kappa shape index (κ1) is 18.4. The third-order valence-electron chi connectivity index (χ3n) is 4.40. The molecular formula is C24H19N3O2. The molecule has 4 rings (SSSR count). The highest BCUT2D eigenvalue weighted by Gasteiger charge is 2.11. The van der Waals surface area contributed by atoms with Gasteiger partial charge in [0.15, 0.2) is 0 Å². The Kier molecular flexibility index (Phi) is 5.29. The third-order valence-corrected chi connectivity index (χ3v) is 4.40. The first-order valence-corrected chi connectivity index (χ1v) is 9.23. The molecule has 142 valence electrons. The molecule has 0 aliphatic carbocycles. The van der Waals surface area contributed by atoms with Gasteiger partial charge in [0.2, 0.25) is 17.7 Å². The molecule has 0 aliphatic heterocycles. The van der Waals surface area contributed by atoms with Crippen molar-refractivity contribution in [2.24, 2.45) is 0 Å². The van der Waals surface area contributed by atoms with Crippen molar-refractivity contribution in [1.82, 2.24) is 10.2 Å². The smallest absolute Gasteiger partial charge is 0.248 e. The van der Waals surface area contributed by atoms with Crippen LogP contribution in [0.4, 0.5) is 5.69 Å². The van der Waals surface area contributed by atoms with Crippen LogP contribution in [0.2, 0.25) is 0 Å². The number of aromatic nitrogens is 2. The van der Waals surface area contributed by atoms with Crippen LogP contribution in [0.3, 0.4) is 0 Å². The van der Waals surface area contributed by atoms with Gasteiger partial charge >= 0.3 is 0 Å². The molecule has 0 radical (unpaired) electrons. The van der Waals surface area contributed by atoms with E-state index in [-0.39, 0.29) is 5.91 Å². The largest absolute Gasteiger partial charge is 0.416 e. The molecule has 1 heterocycles. The number of nitrogens with zero attached hydrogens (tertiary/aromatic N) is 2. The Morgan fingerprint density at radius 2 is 1.45 bits per heavy atom. The second-order valence-corrected chi connectivity index (χ2v) is 6.54. The van der Waals surface area contributed by atoms with Crippen LogP contribution in [0.1, 0.15) is 12.5 Å². The van der Waals surface area contributed by atoms with Crippen molar-refractivity contribution in [2.75, 3.05) is 5.32 Å². The molecule has 5 nitrogen and oxygen atoms in total. The van der Waals surface area contributed by atoms with Crippen molar-refractivity contribution in [3.05, 3.63) is 96.6 Å². The molecule has 1 N–H and O–H groups in total. The van der Waals surface area contributed by atoms with Gasteiger partial charge in [-0.25, -0.2) is 0 Å². The summed E-state index contributed by atoms with van der Waals surface area (Å²) in [5.41, 5.74) is 4.15. The molecule has 0 saturated heterocycles. The molecule has 1 aromatic heterocycles. The van der Waals surface area contributed by atoms with E-state index in [9.17, 15) is 4.79 Å². The summed E-state index contributed by atoms with van der Waals surface area (Å²) >= 11 is 0. The molecule has 0 spiro atoms. The monoisotopic (exact) mass is 381 g/mol. The summed E-state index contributed by atoms with van der Waals surface area (Å²) in [6, 6.07) is 26.7. The lowest BCUT2D eigenvalue weighted by atomic mass is 10.1. The molecule has 0 aliphatic rings. The molecule has 5 heteroatoms. The van der Waals surface area contributed by atoms with Crippen molar-refractivity contribution >= 4 is 17.2 Å². The predicted molar refractivity (Wildman–Crippen MR) is 114 cm³/mol. The van der Waals surface area contributed by atoms with E-state index >= 15 is 0 Å². The number of carbonyl (C=O) groups excluding carboxylic acids is 1. The summed E-state index contributed by atoms with van der Waals surface area (Å²) in [6.07, 6.45) is 1.59. The molecule has 0 atom stereocenters.